The number of thioether (sulfide) groups is 1. The van der Waals surface area contributed by atoms with Crippen LogP contribution in [0.1, 0.15) is 12.5 Å². The summed E-state index contributed by atoms with van der Waals surface area (Å²) in [5.74, 6) is -1.90. The Morgan fingerprint density at radius 3 is 2.59 bits per heavy atom. The van der Waals surface area contributed by atoms with Gasteiger partial charge in [0.05, 0.1) is 18.8 Å². The maximum Gasteiger partial charge on any atom is 0.334 e. The highest BCUT2D eigenvalue weighted by Crippen LogP contribution is 2.35. The van der Waals surface area contributed by atoms with E-state index in [2.05, 4.69) is 4.90 Å². The summed E-state index contributed by atoms with van der Waals surface area (Å²) in [5.41, 5.74) is 1.59. The number of rotatable bonds is 5. The topological polar surface area (TPSA) is 53.0 Å². The van der Waals surface area contributed by atoms with Gasteiger partial charge in [-0.05, 0) is 42.5 Å². The maximum absolute atomic E-state index is 13.7. The normalized spacial score (nSPS) is 20.7. The van der Waals surface area contributed by atoms with Crippen molar-refractivity contribution in [3.8, 4) is 0 Å². The standard InChI is InChI=1S/C19H22F2N2O3S/c1-12-9-16(22-5-7-26-8-6-22)23(18(27-2)17(12)19(24)25)11-13-3-4-14(20)15(21)10-13/h3-4,9-10,18H,5-8,11H2,1-2H3,(H,24,25). The van der Waals surface area contributed by atoms with E-state index in [0.717, 1.165) is 18.0 Å². The van der Waals surface area contributed by atoms with Crippen molar-refractivity contribution in [1.29, 1.82) is 0 Å². The molecule has 0 amide bonds. The van der Waals surface area contributed by atoms with Gasteiger partial charge in [-0.25, -0.2) is 13.6 Å². The minimum absolute atomic E-state index is 0.274. The van der Waals surface area contributed by atoms with Gasteiger partial charge in [0.25, 0.3) is 0 Å². The monoisotopic (exact) mass is 396 g/mol. The Hall–Kier alpha value is -2.06. The quantitative estimate of drug-likeness (QED) is 0.826. The molecule has 0 spiro atoms. The maximum atomic E-state index is 13.7. The van der Waals surface area contributed by atoms with Crippen LogP contribution in [0.3, 0.4) is 0 Å². The fraction of sp³-hybridized carbons (Fsp3) is 0.421. The number of carbonyl (C=O) groups is 1. The van der Waals surface area contributed by atoms with E-state index in [1.807, 2.05) is 17.2 Å². The summed E-state index contributed by atoms with van der Waals surface area (Å²) in [6.45, 7) is 4.63. The average molecular weight is 396 g/mol. The molecule has 27 heavy (non-hydrogen) atoms. The summed E-state index contributed by atoms with van der Waals surface area (Å²) < 4.78 is 32.4. The van der Waals surface area contributed by atoms with Crippen LogP contribution in [0.5, 0.6) is 0 Å². The van der Waals surface area contributed by atoms with Gasteiger partial charge in [0.1, 0.15) is 11.2 Å². The number of hydrogen-bond donors (Lipinski definition) is 1. The lowest BCUT2D eigenvalue weighted by atomic mass is 10.0. The number of nitrogens with zero attached hydrogens (tertiary/aromatic N) is 2. The van der Waals surface area contributed by atoms with E-state index < -0.39 is 23.0 Å². The van der Waals surface area contributed by atoms with E-state index in [9.17, 15) is 18.7 Å². The lowest BCUT2D eigenvalue weighted by Crippen LogP contribution is -2.47. The van der Waals surface area contributed by atoms with Crippen molar-refractivity contribution in [2.45, 2.75) is 18.8 Å². The highest BCUT2D eigenvalue weighted by molar-refractivity contribution is 7.99. The number of carboxylic acid groups (broad SMARTS) is 1. The van der Waals surface area contributed by atoms with Crippen molar-refractivity contribution in [2.75, 3.05) is 32.6 Å². The van der Waals surface area contributed by atoms with Gasteiger partial charge >= 0.3 is 5.97 Å². The van der Waals surface area contributed by atoms with Gasteiger partial charge in [-0.2, -0.15) is 0 Å². The molecule has 2 aliphatic heterocycles. The molecule has 0 aromatic heterocycles. The number of benzene rings is 1. The molecule has 2 aliphatic rings. The van der Waals surface area contributed by atoms with Crippen molar-refractivity contribution >= 4 is 17.7 Å². The van der Waals surface area contributed by atoms with Crippen LogP contribution in [0.4, 0.5) is 8.78 Å². The van der Waals surface area contributed by atoms with Crippen molar-refractivity contribution in [3.05, 3.63) is 58.4 Å². The summed E-state index contributed by atoms with van der Waals surface area (Å²) in [7, 11) is 0. The molecule has 1 aromatic rings. The number of carboxylic acids is 1. The van der Waals surface area contributed by atoms with Gasteiger partial charge in [0.2, 0.25) is 0 Å². The lowest BCUT2D eigenvalue weighted by molar-refractivity contribution is -0.133. The Kier molecular flexibility index (Phi) is 6.06. The largest absolute Gasteiger partial charge is 0.478 e. The van der Waals surface area contributed by atoms with Crippen molar-refractivity contribution < 1.29 is 23.4 Å². The molecular formula is C19H22F2N2O3S. The first-order chi connectivity index (χ1) is 12.9. The molecule has 1 N–H and O–H groups in total. The number of hydrogen-bond acceptors (Lipinski definition) is 5. The van der Waals surface area contributed by atoms with E-state index in [1.165, 1.54) is 17.8 Å². The highest BCUT2D eigenvalue weighted by Gasteiger charge is 2.35. The third kappa shape index (κ3) is 4.11. The van der Waals surface area contributed by atoms with Crippen LogP contribution in [0.2, 0.25) is 0 Å². The first-order valence-electron chi connectivity index (χ1n) is 8.64. The van der Waals surface area contributed by atoms with Gasteiger partial charge in [-0.3, -0.25) is 0 Å². The van der Waals surface area contributed by atoms with Crippen LogP contribution in [0.25, 0.3) is 0 Å². The molecule has 2 heterocycles. The molecule has 0 bridgehead atoms. The summed E-state index contributed by atoms with van der Waals surface area (Å²) in [5, 5.41) is 9.27. The zero-order valence-corrected chi connectivity index (χ0v) is 16.1. The predicted molar refractivity (Wildman–Crippen MR) is 100 cm³/mol. The van der Waals surface area contributed by atoms with Crippen LogP contribution in [0.15, 0.2) is 41.2 Å². The van der Waals surface area contributed by atoms with Crippen molar-refractivity contribution in [3.63, 3.8) is 0 Å². The van der Waals surface area contributed by atoms with Gasteiger partial charge in [-0.15, -0.1) is 11.8 Å². The predicted octanol–water partition coefficient (Wildman–Crippen LogP) is 3.04. The van der Waals surface area contributed by atoms with Gasteiger partial charge < -0.3 is 19.6 Å². The fourth-order valence-electron chi connectivity index (χ4n) is 3.41. The first-order valence-corrected chi connectivity index (χ1v) is 9.93. The Bertz CT molecular complexity index is 791. The van der Waals surface area contributed by atoms with E-state index in [4.69, 9.17) is 4.74 Å². The molecule has 0 aliphatic carbocycles. The van der Waals surface area contributed by atoms with Gasteiger partial charge in [-0.1, -0.05) is 6.07 Å². The summed E-state index contributed by atoms with van der Waals surface area (Å²) in [6, 6.07) is 3.79. The number of morpholine rings is 1. The SMILES string of the molecule is CSC1C(C(=O)O)=C(C)C=C(N2CCOCC2)N1Cc1ccc(F)c(F)c1. The highest BCUT2D eigenvalue weighted by atomic mass is 32.2. The second-order valence-corrected chi connectivity index (χ2v) is 7.39. The smallest absolute Gasteiger partial charge is 0.334 e. The number of aliphatic carboxylic acids is 1. The molecule has 1 unspecified atom stereocenters. The molecule has 5 nitrogen and oxygen atoms in total. The Balaban J connectivity index is 2.00. The molecule has 146 valence electrons. The molecule has 1 fully saturated rings. The van der Waals surface area contributed by atoms with Crippen LogP contribution < -0.4 is 0 Å². The number of allylic oxidation sites excluding steroid dienone is 2. The summed E-state index contributed by atoms with van der Waals surface area (Å²) in [6.07, 6.45) is 3.71. The van der Waals surface area contributed by atoms with E-state index in [0.29, 0.717) is 43.0 Å². The molecule has 0 radical (unpaired) electrons. The first kappa shape index (κ1) is 19.7. The molecular weight excluding hydrogens is 374 g/mol. The Labute approximate surface area is 161 Å². The number of ether oxygens (including phenoxy) is 1. The van der Waals surface area contributed by atoms with Gasteiger partial charge in [0.15, 0.2) is 11.6 Å². The average Bonchev–Trinajstić information content (AvgIpc) is 2.65. The zero-order valence-electron chi connectivity index (χ0n) is 15.2. The third-order valence-electron chi connectivity index (χ3n) is 4.72. The molecule has 3 rings (SSSR count). The van der Waals surface area contributed by atoms with Crippen LogP contribution in [-0.2, 0) is 16.1 Å². The Morgan fingerprint density at radius 1 is 1.30 bits per heavy atom. The second-order valence-electron chi connectivity index (χ2n) is 6.47. The fourth-order valence-corrected chi connectivity index (χ4v) is 4.37. The lowest BCUT2D eigenvalue weighted by Gasteiger charge is -2.44. The minimum atomic E-state index is -0.973. The van der Waals surface area contributed by atoms with Gasteiger partial charge in [0, 0.05) is 19.6 Å². The molecule has 1 aromatic carbocycles. The summed E-state index contributed by atoms with van der Waals surface area (Å²) in [4.78, 5) is 15.9. The molecule has 1 atom stereocenters. The van der Waals surface area contributed by atoms with Crippen LogP contribution in [0, 0.1) is 11.6 Å². The van der Waals surface area contributed by atoms with Crippen LogP contribution in [-0.4, -0.2) is 58.8 Å². The van der Waals surface area contributed by atoms with Crippen molar-refractivity contribution in [1.82, 2.24) is 9.80 Å². The van der Waals surface area contributed by atoms with Crippen molar-refractivity contribution in [2.24, 2.45) is 0 Å². The molecule has 0 saturated carbocycles. The zero-order chi connectivity index (χ0) is 19.6. The van der Waals surface area contributed by atoms with E-state index in [1.54, 1.807) is 6.92 Å². The van der Waals surface area contributed by atoms with Crippen LogP contribution >= 0.6 is 11.8 Å². The molecule has 8 heteroatoms. The van der Waals surface area contributed by atoms with E-state index in [-0.39, 0.29) is 6.54 Å². The third-order valence-corrected chi connectivity index (χ3v) is 5.66. The Morgan fingerprint density at radius 2 is 2.00 bits per heavy atom. The number of halogens is 2. The second kappa shape index (κ2) is 8.31. The minimum Gasteiger partial charge on any atom is -0.478 e. The summed E-state index contributed by atoms with van der Waals surface area (Å²) >= 11 is 1.41. The van der Waals surface area contributed by atoms with E-state index >= 15 is 0 Å². The molecule has 1 saturated heterocycles.